The molecule has 2 fully saturated rings. The summed E-state index contributed by atoms with van der Waals surface area (Å²) < 4.78 is 0. The van der Waals surface area contributed by atoms with E-state index in [0.29, 0.717) is 25.2 Å². The van der Waals surface area contributed by atoms with Crippen molar-refractivity contribution in [2.24, 2.45) is 0 Å². The summed E-state index contributed by atoms with van der Waals surface area (Å²) in [6.45, 7) is 1.54. The molecule has 2 aromatic heterocycles. The molecule has 2 aliphatic heterocycles. The highest BCUT2D eigenvalue weighted by molar-refractivity contribution is 7.09. The van der Waals surface area contributed by atoms with E-state index in [4.69, 9.17) is 4.98 Å². The van der Waals surface area contributed by atoms with Crippen LogP contribution in [0.4, 0.5) is 0 Å². The number of fused-ring (bicyclic) bond motifs is 1. The van der Waals surface area contributed by atoms with Crippen LogP contribution < -0.4 is 5.32 Å². The molecule has 0 unspecified atom stereocenters. The van der Waals surface area contributed by atoms with Crippen LogP contribution >= 0.6 is 11.3 Å². The number of carbonyl (C=O) groups excluding carboxylic acids is 2. The first kappa shape index (κ1) is 20.2. The van der Waals surface area contributed by atoms with Crippen LogP contribution in [-0.4, -0.2) is 45.3 Å². The van der Waals surface area contributed by atoms with Crippen molar-refractivity contribution >= 4 is 34.2 Å². The molecular formula is C24H28N4O2S. The molecule has 6 nitrogen and oxygen atoms in total. The summed E-state index contributed by atoms with van der Waals surface area (Å²) in [5.41, 5.74) is 1.81. The summed E-state index contributed by atoms with van der Waals surface area (Å²) in [5.74, 6) is 1.72. The molecule has 162 valence electrons. The van der Waals surface area contributed by atoms with Crippen LogP contribution in [0.5, 0.6) is 0 Å². The SMILES string of the molecule is O=C1CC[C@@](CCC(=O)N2CCC(c3nc4ccccc4[nH]3)CC2)(Cc2cccs2)N1. The van der Waals surface area contributed by atoms with E-state index in [1.807, 2.05) is 29.2 Å². The molecule has 2 saturated heterocycles. The summed E-state index contributed by atoms with van der Waals surface area (Å²) in [7, 11) is 0. The lowest BCUT2D eigenvalue weighted by atomic mass is 9.87. The van der Waals surface area contributed by atoms with E-state index in [2.05, 4.69) is 27.8 Å². The summed E-state index contributed by atoms with van der Waals surface area (Å²) in [6, 6.07) is 12.3. The van der Waals surface area contributed by atoms with E-state index in [9.17, 15) is 9.59 Å². The Labute approximate surface area is 186 Å². The minimum atomic E-state index is -0.274. The number of aromatic amines is 1. The minimum absolute atomic E-state index is 0.107. The Hall–Kier alpha value is -2.67. The Kier molecular flexibility index (Phi) is 5.52. The van der Waals surface area contributed by atoms with E-state index < -0.39 is 0 Å². The molecule has 1 aromatic carbocycles. The third kappa shape index (κ3) is 4.37. The van der Waals surface area contributed by atoms with Crippen molar-refractivity contribution in [3.05, 3.63) is 52.5 Å². The summed E-state index contributed by atoms with van der Waals surface area (Å²) in [4.78, 5) is 36.4. The number of imidazole rings is 1. The molecule has 31 heavy (non-hydrogen) atoms. The van der Waals surface area contributed by atoms with Crippen molar-refractivity contribution in [3.63, 3.8) is 0 Å². The lowest BCUT2D eigenvalue weighted by Gasteiger charge is -2.33. The molecule has 2 amide bonds. The van der Waals surface area contributed by atoms with Crippen molar-refractivity contribution in [1.29, 1.82) is 0 Å². The van der Waals surface area contributed by atoms with Gasteiger partial charge in [-0.05, 0) is 49.3 Å². The van der Waals surface area contributed by atoms with Crippen LogP contribution in [0.2, 0.25) is 0 Å². The largest absolute Gasteiger partial charge is 0.350 e. The Balaban J connectivity index is 1.17. The first-order valence-corrected chi connectivity index (χ1v) is 12.0. The average molecular weight is 437 g/mol. The lowest BCUT2D eigenvalue weighted by Crippen LogP contribution is -2.45. The van der Waals surface area contributed by atoms with Gasteiger partial charge in [-0.15, -0.1) is 11.3 Å². The van der Waals surface area contributed by atoms with Gasteiger partial charge in [-0.1, -0.05) is 18.2 Å². The van der Waals surface area contributed by atoms with Gasteiger partial charge in [0.2, 0.25) is 11.8 Å². The number of carbonyl (C=O) groups is 2. The first-order chi connectivity index (χ1) is 15.1. The van der Waals surface area contributed by atoms with E-state index in [1.165, 1.54) is 4.88 Å². The molecule has 2 N–H and O–H groups in total. The van der Waals surface area contributed by atoms with E-state index in [1.54, 1.807) is 11.3 Å². The molecule has 0 radical (unpaired) electrons. The van der Waals surface area contributed by atoms with Gasteiger partial charge in [0.1, 0.15) is 5.82 Å². The Morgan fingerprint density at radius 1 is 1.19 bits per heavy atom. The van der Waals surface area contributed by atoms with E-state index in [-0.39, 0.29) is 17.4 Å². The molecule has 3 aromatic rings. The van der Waals surface area contributed by atoms with Crippen LogP contribution in [0.25, 0.3) is 11.0 Å². The number of H-pyrrole nitrogens is 1. The Morgan fingerprint density at radius 2 is 2.03 bits per heavy atom. The van der Waals surface area contributed by atoms with Gasteiger partial charge >= 0.3 is 0 Å². The number of amides is 2. The third-order valence-corrected chi connectivity index (χ3v) is 7.66. The lowest BCUT2D eigenvalue weighted by molar-refractivity contribution is -0.133. The number of para-hydroxylation sites is 2. The molecule has 0 saturated carbocycles. The molecule has 7 heteroatoms. The van der Waals surface area contributed by atoms with Crippen molar-refractivity contribution < 1.29 is 9.59 Å². The number of benzene rings is 1. The zero-order chi connectivity index (χ0) is 21.3. The van der Waals surface area contributed by atoms with Crippen molar-refractivity contribution in [2.75, 3.05) is 13.1 Å². The number of likely N-dealkylation sites (tertiary alicyclic amines) is 1. The van der Waals surface area contributed by atoms with Crippen LogP contribution in [0.1, 0.15) is 55.1 Å². The van der Waals surface area contributed by atoms with E-state index in [0.717, 1.165) is 55.6 Å². The van der Waals surface area contributed by atoms with E-state index >= 15 is 0 Å². The van der Waals surface area contributed by atoms with Crippen LogP contribution in [-0.2, 0) is 16.0 Å². The molecule has 0 aliphatic carbocycles. The van der Waals surface area contributed by atoms with Gasteiger partial charge in [0.25, 0.3) is 0 Å². The van der Waals surface area contributed by atoms with Crippen LogP contribution in [0.3, 0.4) is 0 Å². The van der Waals surface area contributed by atoms with Gasteiger partial charge in [-0.3, -0.25) is 9.59 Å². The summed E-state index contributed by atoms with van der Waals surface area (Å²) >= 11 is 1.72. The number of rotatable bonds is 6. The normalized spacial score (nSPS) is 22.2. The highest BCUT2D eigenvalue weighted by atomic mass is 32.1. The fourth-order valence-electron chi connectivity index (χ4n) is 5.00. The highest BCUT2D eigenvalue weighted by Gasteiger charge is 2.38. The molecular weight excluding hydrogens is 408 g/mol. The number of aromatic nitrogens is 2. The Morgan fingerprint density at radius 3 is 2.74 bits per heavy atom. The van der Waals surface area contributed by atoms with Crippen molar-refractivity contribution in [2.45, 2.75) is 56.4 Å². The number of hydrogen-bond acceptors (Lipinski definition) is 4. The van der Waals surface area contributed by atoms with Gasteiger partial charge in [0.15, 0.2) is 0 Å². The van der Waals surface area contributed by atoms with Crippen molar-refractivity contribution in [3.8, 4) is 0 Å². The topological polar surface area (TPSA) is 78.1 Å². The van der Waals surface area contributed by atoms with Gasteiger partial charge in [0.05, 0.1) is 11.0 Å². The highest BCUT2D eigenvalue weighted by Crippen LogP contribution is 2.32. The second-order valence-corrected chi connectivity index (χ2v) is 9.91. The predicted molar refractivity (Wildman–Crippen MR) is 122 cm³/mol. The number of thiophene rings is 1. The number of piperidine rings is 1. The number of nitrogens with zero attached hydrogens (tertiary/aromatic N) is 2. The molecule has 0 bridgehead atoms. The van der Waals surface area contributed by atoms with Crippen molar-refractivity contribution in [1.82, 2.24) is 20.2 Å². The molecule has 2 aliphatic rings. The fraction of sp³-hybridized carbons (Fsp3) is 0.458. The zero-order valence-electron chi connectivity index (χ0n) is 17.6. The standard InChI is InChI=1S/C24H28N4O2S/c29-21-7-11-24(27-21,16-18-4-3-15-31-18)12-8-22(30)28-13-9-17(10-14-28)23-25-19-5-1-2-6-20(19)26-23/h1-6,15,17H,7-14,16H2,(H,25,26)(H,27,29)/t24-/m1/s1. The van der Waals surface area contributed by atoms with Gasteiger partial charge in [0, 0.05) is 48.7 Å². The second-order valence-electron chi connectivity index (χ2n) is 8.88. The minimum Gasteiger partial charge on any atom is -0.350 e. The molecule has 1 atom stereocenters. The van der Waals surface area contributed by atoms with Crippen LogP contribution in [0, 0.1) is 0 Å². The van der Waals surface area contributed by atoms with Crippen LogP contribution in [0.15, 0.2) is 41.8 Å². The zero-order valence-corrected chi connectivity index (χ0v) is 18.4. The maximum Gasteiger partial charge on any atom is 0.222 e. The Bertz CT molecular complexity index is 1040. The fourth-order valence-corrected chi connectivity index (χ4v) is 5.85. The monoisotopic (exact) mass is 436 g/mol. The number of hydrogen-bond donors (Lipinski definition) is 2. The molecule has 5 rings (SSSR count). The number of nitrogens with one attached hydrogen (secondary N) is 2. The maximum absolute atomic E-state index is 13.0. The second kappa shape index (κ2) is 8.46. The predicted octanol–water partition coefficient (Wildman–Crippen LogP) is 4.00. The molecule has 0 spiro atoms. The smallest absolute Gasteiger partial charge is 0.222 e. The van der Waals surface area contributed by atoms with Gasteiger partial charge in [-0.25, -0.2) is 4.98 Å². The quantitative estimate of drug-likeness (QED) is 0.613. The summed E-state index contributed by atoms with van der Waals surface area (Å²) in [6.07, 6.45) is 5.25. The van der Waals surface area contributed by atoms with Gasteiger partial charge in [-0.2, -0.15) is 0 Å². The first-order valence-electron chi connectivity index (χ1n) is 11.2. The van der Waals surface area contributed by atoms with Gasteiger partial charge < -0.3 is 15.2 Å². The maximum atomic E-state index is 13.0. The average Bonchev–Trinajstić information content (AvgIpc) is 3.53. The summed E-state index contributed by atoms with van der Waals surface area (Å²) in [5, 5.41) is 5.26. The molecule has 4 heterocycles. The third-order valence-electron chi connectivity index (χ3n) is 6.79.